The Hall–Kier alpha value is -3.28. The zero-order valence-corrected chi connectivity index (χ0v) is 17.3. The van der Waals surface area contributed by atoms with Crippen LogP contribution in [0, 0.1) is 6.92 Å². The molecule has 1 aromatic heterocycles. The lowest BCUT2D eigenvalue weighted by molar-refractivity contribution is 0.171. The summed E-state index contributed by atoms with van der Waals surface area (Å²) in [4.78, 5) is 11.2. The summed E-state index contributed by atoms with van der Waals surface area (Å²) in [6, 6.07) is 14.4. The summed E-state index contributed by atoms with van der Waals surface area (Å²) < 4.78 is 12.8. The second-order valence-electron chi connectivity index (χ2n) is 7.20. The Morgan fingerprint density at radius 1 is 1.24 bits per heavy atom. The molecule has 0 saturated heterocycles. The number of nitrogens with zero attached hydrogens (tertiary/aromatic N) is 2. The summed E-state index contributed by atoms with van der Waals surface area (Å²) >= 11 is 0. The first kappa shape index (κ1) is 20.5. The summed E-state index contributed by atoms with van der Waals surface area (Å²) in [5.74, 6) is 1.35. The van der Waals surface area contributed by atoms with E-state index in [9.17, 15) is 4.79 Å². The third kappa shape index (κ3) is 4.96. The molecule has 0 atom stereocenters. The molecule has 6 nitrogen and oxygen atoms in total. The summed E-state index contributed by atoms with van der Waals surface area (Å²) in [7, 11) is 1.30. The molecule has 0 fully saturated rings. The van der Waals surface area contributed by atoms with Crippen LogP contribution in [0.2, 0.25) is 0 Å². The van der Waals surface area contributed by atoms with Gasteiger partial charge >= 0.3 is 6.09 Å². The van der Waals surface area contributed by atoms with Gasteiger partial charge in [-0.25, -0.2) is 10.2 Å². The van der Waals surface area contributed by atoms with E-state index in [0.717, 1.165) is 22.2 Å². The number of benzene rings is 2. The van der Waals surface area contributed by atoms with Crippen molar-refractivity contribution < 1.29 is 14.3 Å². The molecule has 3 rings (SSSR count). The number of aromatic nitrogens is 1. The Labute approximate surface area is 171 Å². The van der Waals surface area contributed by atoms with Gasteiger partial charge in [-0.2, -0.15) is 5.10 Å². The number of amides is 1. The molecule has 0 bridgehead atoms. The zero-order valence-electron chi connectivity index (χ0n) is 17.3. The highest BCUT2D eigenvalue weighted by Crippen LogP contribution is 2.27. The first-order valence-electron chi connectivity index (χ1n) is 9.68. The van der Waals surface area contributed by atoms with E-state index in [4.69, 9.17) is 4.74 Å². The van der Waals surface area contributed by atoms with Crippen LogP contribution in [0.1, 0.15) is 36.5 Å². The number of carbonyl (C=O) groups is 1. The minimum Gasteiger partial charge on any atom is -0.491 e. The lowest BCUT2D eigenvalue weighted by Gasteiger charge is -2.15. The van der Waals surface area contributed by atoms with Crippen LogP contribution in [0.15, 0.2) is 53.8 Å². The van der Waals surface area contributed by atoms with E-state index in [1.807, 2.05) is 24.4 Å². The van der Waals surface area contributed by atoms with Crippen LogP contribution in [0.3, 0.4) is 0 Å². The zero-order chi connectivity index (χ0) is 20.8. The number of hydrogen-bond donors (Lipinski definition) is 1. The molecule has 0 spiro atoms. The van der Waals surface area contributed by atoms with Crippen LogP contribution in [0.5, 0.6) is 5.75 Å². The number of aryl methyl sites for hydroxylation is 1. The summed E-state index contributed by atoms with van der Waals surface area (Å²) in [6.45, 7) is 7.67. The second kappa shape index (κ2) is 9.28. The summed E-state index contributed by atoms with van der Waals surface area (Å²) in [5, 5.41) is 5.01. The fourth-order valence-corrected chi connectivity index (χ4v) is 3.26. The molecule has 0 saturated carbocycles. The number of methoxy groups -OCH3 is 1. The van der Waals surface area contributed by atoms with Gasteiger partial charge in [0.25, 0.3) is 0 Å². The molecule has 0 radical (unpaired) electrons. The van der Waals surface area contributed by atoms with Crippen LogP contribution in [0.25, 0.3) is 10.9 Å². The van der Waals surface area contributed by atoms with Gasteiger partial charge in [-0.15, -0.1) is 0 Å². The lowest BCUT2D eigenvalue weighted by Crippen LogP contribution is -2.16. The van der Waals surface area contributed by atoms with E-state index in [1.165, 1.54) is 18.2 Å². The molecular formula is C23H27N3O3. The van der Waals surface area contributed by atoms with Crippen molar-refractivity contribution in [2.24, 2.45) is 5.10 Å². The number of fused-ring (bicyclic) bond motifs is 1. The van der Waals surface area contributed by atoms with E-state index in [1.54, 1.807) is 6.21 Å². The molecule has 6 heteroatoms. The van der Waals surface area contributed by atoms with Gasteiger partial charge in [0.15, 0.2) is 0 Å². The Bertz CT molecular complexity index is 1020. The predicted octanol–water partition coefficient (Wildman–Crippen LogP) is 4.84. The number of rotatable bonds is 7. The Balaban J connectivity index is 1.76. The Morgan fingerprint density at radius 3 is 2.79 bits per heavy atom. The number of hydrazone groups is 1. The first-order valence-corrected chi connectivity index (χ1v) is 9.68. The van der Waals surface area contributed by atoms with Crippen LogP contribution in [0.4, 0.5) is 4.79 Å². The summed E-state index contributed by atoms with van der Waals surface area (Å²) in [5.41, 5.74) is 6.72. The van der Waals surface area contributed by atoms with Crippen molar-refractivity contribution in [1.82, 2.24) is 9.99 Å². The molecule has 0 aliphatic heterocycles. The maximum Gasteiger partial charge on any atom is 0.427 e. The topological polar surface area (TPSA) is 64.8 Å². The van der Waals surface area contributed by atoms with Gasteiger partial charge < -0.3 is 14.0 Å². The fraction of sp³-hybridized carbons (Fsp3) is 0.304. The number of carbonyl (C=O) groups excluding carboxylic acids is 1. The summed E-state index contributed by atoms with van der Waals surface area (Å²) in [6.07, 6.45) is 3.03. The van der Waals surface area contributed by atoms with Gasteiger partial charge in [0.1, 0.15) is 12.4 Å². The monoisotopic (exact) mass is 393 g/mol. The highest BCUT2D eigenvalue weighted by molar-refractivity contribution is 5.99. The van der Waals surface area contributed by atoms with E-state index < -0.39 is 6.09 Å². The average Bonchev–Trinajstić information content (AvgIpc) is 3.05. The quantitative estimate of drug-likeness (QED) is 0.461. The van der Waals surface area contributed by atoms with Gasteiger partial charge in [0, 0.05) is 22.7 Å². The van der Waals surface area contributed by atoms with E-state index in [0.29, 0.717) is 19.1 Å². The Morgan fingerprint density at radius 2 is 2.03 bits per heavy atom. The van der Waals surface area contributed by atoms with E-state index in [2.05, 4.69) is 64.9 Å². The van der Waals surface area contributed by atoms with Crippen LogP contribution in [-0.4, -0.2) is 30.6 Å². The smallest absolute Gasteiger partial charge is 0.427 e. The van der Waals surface area contributed by atoms with Gasteiger partial charge in [0.2, 0.25) is 0 Å². The van der Waals surface area contributed by atoms with E-state index in [-0.39, 0.29) is 0 Å². The molecule has 0 unspecified atom stereocenters. The standard InChI is InChI=1S/C23H27N3O3/c1-16(2)19-10-9-17(3)13-22(19)29-12-11-26-15-18(14-24-25-23(27)28-4)20-7-5-6-8-21(20)26/h5-10,13-16H,11-12H2,1-4H3,(H,25,27)/b24-14+. The fourth-order valence-electron chi connectivity index (χ4n) is 3.26. The Kier molecular flexibility index (Phi) is 6.54. The van der Waals surface area contributed by atoms with Crippen LogP contribution in [-0.2, 0) is 11.3 Å². The van der Waals surface area contributed by atoms with Crippen molar-refractivity contribution in [1.29, 1.82) is 0 Å². The van der Waals surface area contributed by atoms with Gasteiger partial charge in [-0.1, -0.05) is 44.2 Å². The van der Waals surface area contributed by atoms with E-state index >= 15 is 0 Å². The third-order valence-corrected chi connectivity index (χ3v) is 4.75. The molecule has 1 N–H and O–H groups in total. The van der Waals surface area contributed by atoms with Gasteiger partial charge in [-0.3, -0.25) is 0 Å². The van der Waals surface area contributed by atoms with Crippen LogP contribution >= 0.6 is 0 Å². The van der Waals surface area contributed by atoms with Gasteiger partial charge in [0.05, 0.1) is 19.9 Å². The molecule has 0 aliphatic carbocycles. The highest BCUT2D eigenvalue weighted by atomic mass is 16.5. The van der Waals surface area contributed by atoms with Crippen molar-refractivity contribution in [3.63, 3.8) is 0 Å². The molecule has 1 amide bonds. The SMILES string of the molecule is COC(=O)N/N=C/c1cn(CCOc2cc(C)ccc2C(C)C)c2ccccc12. The van der Waals surface area contributed by atoms with Crippen molar-refractivity contribution in [3.05, 3.63) is 65.4 Å². The minimum absolute atomic E-state index is 0.406. The molecule has 29 heavy (non-hydrogen) atoms. The maximum atomic E-state index is 11.2. The van der Waals surface area contributed by atoms with Crippen molar-refractivity contribution in [3.8, 4) is 5.75 Å². The largest absolute Gasteiger partial charge is 0.491 e. The normalized spacial score (nSPS) is 11.3. The number of para-hydroxylation sites is 1. The lowest BCUT2D eigenvalue weighted by atomic mass is 10.0. The first-order chi connectivity index (χ1) is 14.0. The van der Waals surface area contributed by atoms with Crippen LogP contribution < -0.4 is 10.2 Å². The van der Waals surface area contributed by atoms with Crippen molar-refractivity contribution in [2.75, 3.05) is 13.7 Å². The highest BCUT2D eigenvalue weighted by Gasteiger charge is 2.10. The third-order valence-electron chi connectivity index (χ3n) is 4.75. The molecule has 1 heterocycles. The number of ether oxygens (including phenoxy) is 2. The second-order valence-corrected chi connectivity index (χ2v) is 7.20. The predicted molar refractivity (Wildman–Crippen MR) is 116 cm³/mol. The molecule has 152 valence electrons. The van der Waals surface area contributed by atoms with Crippen molar-refractivity contribution >= 4 is 23.2 Å². The average molecular weight is 393 g/mol. The molecule has 2 aromatic carbocycles. The molecule has 0 aliphatic rings. The number of nitrogens with one attached hydrogen (secondary N) is 1. The molecular weight excluding hydrogens is 366 g/mol. The van der Waals surface area contributed by atoms with Gasteiger partial charge in [-0.05, 0) is 36.1 Å². The number of hydrogen-bond acceptors (Lipinski definition) is 4. The maximum absolute atomic E-state index is 11.2. The molecule has 3 aromatic rings. The van der Waals surface area contributed by atoms with Crippen molar-refractivity contribution in [2.45, 2.75) is 33.2 Å². The minimum atomic E-state index is -0.600.